The Morgan fingerprint density at radius 2 is 1.96 bits per heavy atom. The highest BCUT2D eigenvalue weighted by Gasteiger charge is 2.32. The van der Waals surface area contributed by atoms with Gasteiger partial charge < -0.3 is 19.9 Å². The first-order valence-corrected chi connectivity index (χ1v) is 8.51. The van der Waals surface area contributed by atoms with Crippen molar-refractivity contribution in [1.82, 2.24) is 5.32 Å². The fourth-order valence-electron chi connectivity index (χ4n) is 2.66. The third-order valence-electron chi connectivity index (χ3n) is 4.20. The molecule has 0 aliphatic carbocycles. The molecule has 2 rings (SSSR count). The Bertz CT molecular complexity index is 632. The van der Waals surface area contributed by atoms with Gasteiger partial charge in [-0.3, -0.25) is 4.79 Å². The van der Waals surface area contributed by atoms with Crippen molar-refractivity contribution < 1.29 is 24.2 Å². The van der Waals surface area contributed by atoms with Crippen LogP contribution in [0.3, 0.4) is 0 Å². The quantitative estimate of drug-likeness (QED) is 0.824. The molecule has 1 aliphatic heterocycles. The molecule has 1 amide bonds. The van der Waals surface area contributed by atoms with E-state index in [2.05, 4.69) is 5.32 Å². The lowest BCUT2D eigenvalue weighted by Crippen LogP contribution is -2.47. The first kappa shape index (κ1) is 19.2. The third kappa shape index (κ3) is 5.19. The van der Waals surface area contributed by atoms with E-state index >= 15 is 0 Å². The van der Waals surface area contributed by atoms with Crippen molar-refractivity contribution in [3.63, 3.8) is 0 Å². The number of ether oxygens (including phenoxy) is 2. The van der Waals surface area contributed by atoms with Crippen LogP contribution in [0.25, 0.3) is 0 Å². The SMILES string of the molecule is Cc1cc2c(cc1C)OC(C(=O)NC(CCOC(C)(C)C)C(=O)O)C2. The Labute approximate surface area is 148 Å². The number of nitrogens with one attached hydrogen (secondary N) is 1. The lowest BCUT2D eigenvalue weighted by molar-refractivity contribution is -0.143. The van der Waals surface area contributed by atoms with E-state index in [0.29, 0.717) is 12.2 Å². The maximum atomic E-state index is 12.4. The molecule has 0 bridgehead atoms. The molecule has 0 saturated carbocycles. The van der Waals surface area contributed by atoms with Crippen molar-refractivity contribution in [2.24, 2.45) is 0 Å². The van der Waals surface area contributed by atoms with Gasteiger partial charge in [0.1, 0.15) is 11.8 Å². The number of aryl methyl sites for hydroxylation is 2. The molecule has 6 nitrogen and oxygen atoms in total. The molecule has 1 aliphatic rings. The van der Waals surface area contributed by atoms with Crippen molar-refractivity contribution in [3.8, 4) is 5.75 Å². The van der Waals surface area contributed by atoms with E-state index in [1.54, 1.807) is 0 Å². The lowest BCUT2D eigenvalue weighted by Gasteiger charge is -2.22. The highest BCUT2D eigenvalue weighted by molar-refractivity contribution is 5.87. The number of aliphatic carboxylic acids is 1. The predicted molar refractivity (Wildman–Crippen MR) is 93.9 cm³/mol. The Hall–Kier alpha value is -2.08. The Morgan fingerprint density at radius 3 is 2.56 bits per heavy atom. The molecule has 6 heteroatoms. The molecule has 0 saturated heterocycles. The molecule has 1 aromatic carbocycles. The van der Waals surface area contributed by atoms with Crippen LogP contribution in [0.4, 0.5) is 0 Å². The summed E-state index contributed by atoms with van der Waals surface area (Å²) in [5.74, 6) is -0.783. The van der Waals surface area contributed by atoms with Crippen LogP contribution >= 0.6 is 0 Å². The largest absolute Gasteiger partial charge is 0.480 e. The zero-order valence-corrected chi connectivity index (χ0v) is 15.5. The molecule has 25 heavy (non-hydrogen) atoms. The van der Waals surface area contributed by atoms with E-state index < -0.39 is 24.0 Å². The van der Waals surface area contributed by atoms with E-state index in [0.717, 1.165) is 16.7 Å². The summed E-state index contributed by atoms with van der Waals surface area (Å²) in [6.07, 6.45) is -0.0369. The number of hydrogen-bond acceptors (Lipinski definition) is 4. The van der Waals surface area contributed by atoms with Crippen LogP contribution in [-0.2, 0) is 20.7 Å². The summed E-state index contributed by atoms with van der Waals surface area (Å²) in [4.78, 5) is 23.8. The number of carboxylic acid groups (broad SMARTS) is 1. The molecule has 0 spiro atoms. The Kier molecular flexibility index (Phi) is 5.72. The van der Waals surface area contributed by atoms with E-state index in [1.165, 1.54) is 0 Å². The van der Waals surface area contributed by atoms with Crippen molar-refractivity contribution in [2.75, 3.05) is 6.61 Å². The smallest absolute Gasteiger partial charge is 0.326 e. The Morgan fingerprint density at radius 1 is 1.32 bits per heavy atom. The Balaban J connectivity index is 1.94. The van der Waals surface area contributed by atoms with Gasteiger partial charge in [0, 0.05) is 19.4 Å². The summed E-state index contributed by atoms with van der Waals surface area (Å²) in [5, 5.41) is 11.9. The zero-order chi connectivity index (χ0) is 18.8. The molecule has 1 heterocycles. The highest BCUT2D eigenvalue weighted by atomic mass is 16.5. The lowest BCUT2D eigenvalue weighted by atomic mass is 10.0. The van der Waals surface area contributed by atoms with Crippen LogP contribution in [-0.4, -0.2) is 41.3 Å². The van der Waals surface area contributed by atoms with Gasteiger partial charge in [-0.2, -0.15) is 0 Å². The van der Waals surface area contributed by atoms with Crippen LogP contribution in [0.15, 0.2) is 12.1 Å². The molecule has 138 valence electrons. The summed E-state index contributed by atoms with van der Waals surface area (Å²) in [6.45, 7) is 9.95. The molecule has 2 unspecified atom stereocenters. The number of fused-ring (bicyclic) bond motifs is 1. The monoisotopic (exact) mass is 349 g/mol. The molecular weight excluding hydrogens is 322 g/mol. The first-order valence-electron chi connectivity index (χ1n) is 8.51. The average Bonchev–Trinajstić information content (AvgIpc) is 2.88. The maximum Gasteiger partial charge on any atom is 0.326 e. The van der Waals surface area contributed by atoms with Gasteiger partial charge in [0.05, 0.1) is 5.60 Å². The molecule has 0 radical (unpaired) electrons. The summed E-state index contributed by atoms with van der Waals surface area (Å²) >= 11 is 0. The van der Waals surface area contributed by atoms with Crippen molar-refractivity contribution >= 4 is 11.9 Å². The van der Waals surface area contributed by atoms with Gasteiger partial charge in [-0.05, 0) is 57.4 Å². The summed E-state index contributed by atoms with van der Waals surface area (Å²) in [7, 11) is 0. The number of hydrogen-bond donors (Lipinski definition) is 2. The zero-order valence-electron chi connectivity index (χ0n) is 15.5. The molecule has 0 aromatic heterocycles. The minimum absolute atomic E-state index is 0.205. The van der Waals surface area contributed by atoms with Gasteiger partial charge in [0.15, 0.2) is 6.10 Å². The van der Waals surface area contributed by atoms with Gasteiger partial charge in [-0.1, -0.05) is 6.07 Å². The van der Waals surface area contributed by atoms with Gasteiger partial charge in [0.25, 0.3) is 5.91 Å². The second-order valence-corrected chi connectivity index (χ2v) is 7.50. The highest BCUT2D eigenvalue weighted by Crippen LogP contribution is 2.31. The van der Waals surface area contributed by atoms with Gasteiger partial charge in [0.2, 0.25) is 0 Å². The standard InChI is InChI=1S/C19H27NO5/c1-11-8-13-10-16(25-15(13)9-12(11)2)17(21)20-14(18(22)23)6-7-24-19(3,4)5/h8-9,14,16H,6-7,10H2,1-5H3,(H,20,21)(H,22,23). The molecule has 2 atom stereocenters. The normalized spacial score (nSPS) is 17.6. The molecule has 1 aromatic rings. The number of rotatable bonds is 6. The van der Waals surface area contributed by atoms with E-state index in [1.807, 2.05) is 46.8 Å². The maximum absolute atomic E-state index is 12.4. The van der Waals surface area contributed by atoms with Gasteiger partial charge in [-0.25, -0.2) is 4.79 Å². The number of benzene rings is 1. The van der Waals surface area contributed by atoms with Crippen LogP contribution < -0.4 is 10.1 Å². The van der Waals surface area contributed by atoms with Crippen LogP contribution in [0.5, 0.6) is 5.75 Å². The average molecular weight is 349 g/mol. The number of carbonyl (C=O) groups excluding carboxylic acids is 1. The summed E-state index contributed by atoms with van der Waals surface area (Å²) in [5.41, 5.74) is 2.87. The minimum atomic E-state index is -1.08. The van der Waals surface area contributed by atoms with E-state index in [-0.39, 0.29) is 18.6 Å². The fourth-order valence-corrected chi connectivity index (χ4v) is 2.66. The molecule has 2 N–H and O–H groups in total. The number of carboxylic acids is 1. The molecular formula is C19H27NO5. The second kappa shape index (κ2) is 7.44. The van der Waals surface area contributed by atoms with E-state index in [4.69, 9.17) is 9.47 Å². The summed E-state index contributed by atoms with van der Waals surface area (Å²) < 4.78 is 11.3. The molecule has 0 fully saturated rings. The number of amides is 1. The minimum Gasteiger partial charge on any atom is -0.480 e. The van der Waals surface area contributed by atoms with Crippen LogP contribution in [0.1, 0.15) is 43.9 Å². The number of carbonyl (C=O) groups is 2. The van der Waals surface area contributed by atoms with Crippen molar-refractivity contribution in [1.29, 1.82) is 0 Å². The predicted octanol–water partition coefficient (Wildman–Crippen LogP) is 2.38. The fraction of sp³-hybridized carbons (Fsp3) is 0.579. The van der Waals surface area contributed by atoms with Crippen molar-refractivity contribution in [2.45, 2.75) is 65.2 Å². The summed E-state index contributed by atoms with van der Waals surface area (Å²) in [6, 6.07) is 2.94. The topological polar surface area (TPSA) is 84.9 Å². The van der Waals surface area contributed by atoms with Crippen LogP contribution in [0.2, 0.25) is 0 Å². The van der Waals surface area contributed by atoms with Gasteiger partial charge in [-0.15, -0.1) is 0 Å². The van der Waals surface area contributed by atoms with E-state index in [9.17, 15) is 14.7 Å². The first-order chi connectivity index (χ1) is 11.6. The second-order valence-electron chi connectivity index (χ2n) is 7.50. The van der Waals surface area contributed by atoms with Crippen molar-refractivity contribution in [3.05, 3.63) is 28.8 Å². The van der Waals surface area contributed by atoms with Crippen LogP contribution in [0, 0.1) is 13.8 Å². The third-order valence-corrected chi connectivity index (χ3v) is 4.20. The van der Waals surface area contributed by atoms with Gasteiger partial charge >= 0.3 is 5.97 Å².